The maximum atomic E-state index is 11.4. The standard InChI is InChI=1S/C12H14O3S/c1-12(16(13,14)15)8-4-7-10-5-2-3-6-11(10)9-12/h2,4-5,7-9H,3,6H2,1H3,(H,13,14,15). The second-order valence-electron chi connectivity index (χ2n) is 4.25. The molecule has 0 amide bonds. The Bertz CT molecular complexity index is 520. The van der Waals surface area contributed by atoms with Gasteiger partial charge < -0.3 is 0 Å². The zero-order chi connectivity index (χ0) is 11.8. The predicted octanol–water partition coefficient (Wildman–Crippen LogP) is 2.41. The third kappa shape index (κ3) is 1.90. The Balaban J connectivity index is 2.54. The van der Waals surface area contributed by atoms with Crippen molar-refractivity contribution in [3.8, 4) is 0 Å². The molecule has 0 aromatic carbocycles. The Hall–Kier alpha value is -1.13. The van der Waals surface area contributed by atoms with Crippen LogP contribution in [0.1, 0.15) is 19.8 Å². The minimum Gasteiger partial charge on any atom is -0.285 e. The van der Waals surface area contributed by atoms with E-state index in [1.54, 1.807) is 12.2 Å². The van der Waals surface area contributed by atoms with Crippen LogP contribution in [0.5, 0.6) is 0 Å². The van der Waals surface area contributed by atoms with Crippen molar-refractivity contribution in [2.75, 3.05) is 0 Å². The molecule has 0 saturated carbocycles. The first-order chi connectivity index (χ1) is 7.42. The lowest BCUT2D eigenvalue weighted by Crippen LogP contribution is -2.30. The summed E-state index contributed by atoms with van der Waals surface area (Å²) >= 11 is 0. The zero-order valence-electron chi connectivity index (χ0n) is 9.05. The average molecular weight is 238 g/mol. The van der Waals surface area contributed by atoms with E-state index in [4.69, 9.17) is 0 Å². The summed E-state index contributed by atoms with van der Waals surface area (Å²) in [6.07, 6.45) is 12.5. The lowest BCUT2D eigenvalue weighted by Gasteiger charge is -2.20. The van der Waals surface area contributed by atoms with Crippen molar-refractivity contribution in [2.24, 2.45) is 0 Å². The lowest BCUT2D eigenvalue weighted by molar-refractivity contribution is 0.466. The predicted molar refractivity (Wildman–Crippen MR) is 63.6 cm³/mol. The normalized spacial score (nSPS) is 29.1. The molecule has 0 radical (unpaired) electrons. The largest absolute Gasteiger partial charge is 0.285 e. The van der Waals surface area contributed by atoms with Crippen molar-refractivity contribution < 1.29 is 13.0 Å². The summed E-state index contributed by atoms with van der Waals surface area (Å²) in [7, 11) is -4.12. The smallest absolute Gasteiger partial charge is 0.277 e. The summed E-state index contributed by atoms with van der Waals surface area (Å²) in [5, 5.41) is 0. The molecular formula is C12H14O3S. The molecule has 0 bridgehead atoms. The third-order valence-corrected chi connectivity index (χ3v) is 4.33. The van der Waals surface area contributed by atoms with Gasteiger partial charge in [-0.05, 0) is 30.9 Å². The van der Waals surface area contributed by atoms with Gasteiger partial charge in [0.05, 0.1) is 0 Å². The van der Waals surface area contributed by atoms with E-state index >= 15 is 0 Å². The minimum absolute atomic E-state index is 0.815. The van der Waals surface area contributed by atoms with Gasteiger partial charge in [0.25, 0.3) is 10.1 Å². The van der Waals surface area contributed by atoms with Gasteiger partial charge in [-0.1, -0.05) is 36.5 Å². The van der Waals surface area contributed by atoms with Crippen molar-refractivity contribution in [3.63, 3.8) is 0 Å². The van der Waals surface area contributed by atoms with Gasteiger partial charge in [-0.15, -0.1) is 0 Å². The van der Waals surface area contributed by atoms with Crippen LogP contribution in [-0.2, 0) is 10.1 Å². The Morgan fingerprint density at radius 3 is 2.88 bits per heavy atom. The number of rotatable bonds is 1. The van der Waals surface area contributed by atoms with Crippen molar-refractivity contribution in [2.45, 2.75) is 24.5 Å². The monoisotopic (exact) mass is 238 g/mol. The Morgan fingerprint density at radius 2 is 2.19 bits per heavy atom. The average Bonchev–Trinajstić information content (AvgIpc) is 2.35. The van der Waals surface area contributed by atoms with E-state index in [0.717, 1.165) is 24.0 Å². The molecule has 0 fully saturated rings. The fraction of sp³-hybridized carbons (Fsp3) is 0.333. The second kappa shape index (κ2) is 3.71. The summed E-state index contributed by atoms with van der Waals surface area (Å²) in [5.74, 6) is 0. The highest BCUT2D eigenvalue weighted by molar-refractivity contribution is 7.87. The van der Waals surface area contributed by atoms with Gasteiger partial charge >= 0.3 is 0 Å². The van der Waals surface area contributed by atoms with Gasteiger partial charge in [-0.25, -0.2) is 0 Å². The maximum absolute atomic E-state index is 11.4. The SMILES string of the molecule is CC1(S(=O)(=O)O)C=CC=C2C=CCCC2=C1. The molecule has 1 N–H and O–H groups in total. The van der Waals surface area contributed by atoms with Crippen molar-refractivity contribution >= 4 is 10.1 Å². The molecule has 16 heavy (non-hydrogen) atoms. The fourth-order valence-electron chi connectivity index (χ4n) is 1.92. The first-order valence-corrected chi connectivity index (χ1v) is 6.62. The van der Waals surface area contributed by atoms with Crippen LogP contribution in [0.3, 0.4) is 0 Å². The van der Waals surface area contributed by atoms with Crippen LogP contribution in [0, 0.1) is 0 Å². The Labute approximate surface area is 95.6 Å². The Morgan fingerprint density at radius 1 is 1.44 bits per heavy atom. The van der Waals surface area contributed by atoms with E-state index in [9.17, 15) is 13.0 Å². The van der Waals surface area contributed by atoms with E-state index in [0.29, 0.717) is 0 Å². The van der Waals surface area contributed by atoms with Crippen LogP contribution in [0.25, 0.3) is 0 Å². The number of hydrogen-bond acceptors (Lipinski definition) is 2. The van der Waals surface area contributed by atoms with E-state index in [-0.39, 0.29) is 0 Å². The van der Waals surface area contributed by atoms with Crippen LogP contribution in [0.4, 0.5) is 0 Å². The van der Waals surface area contributed by atoms with Gasteiger partial charge in [0, 0.05) is 0 Å². The van der Waals surface area contributed by atoms with Gasteiger partial charge in [0.15, 0.2) is 0 Å². The molecule has 0 aromatic heterocycles. The molecular weight excluding hydrogens is 224 g/mol. The molecule has 2 rings (SSSR count). The highest BCUT2D eigenvalue weighted by atomic mass is 32.2. The summed E-state index contributed by atoms with van der Waals surface area (Å²) in [5.41, 5.74) is 2.00. The van der Waals surface area contributed by atoms with Crippen molar-refractivity contribution in [1.82, 2.24) is 0 Å². The minimum atomic E-state index is -4.12. The van der Waals surface area contributed by atoms with Crippen LogP contribution in [0.2, 0.25) is 0 Å². The zero-order valence-corrected chi connectivity index (χ0v) is 9.87. The van der Waals surface area contributed by atoms with E-state index in [2.05, 4.69) is 6.08 Å². The summed E-state index contributed by atoms with van der Waals surface area (Å²) in [6.45, 7) is 1.50. The van der Waals surface area contributed by atoms with Gasteiger partial charge in [0.1, 0.15) is 4.75 Å². The Kier molecular flexibility index (Phi) is 2.64. The third-order valence-electron chi connectivity index (χ3n) is 2.97. The molecule has 86 valence electrons. The number of hydrogen-bond donors (Lipinski definition) is 1. The fourth-order valence-corrected chi connectivity index (χ4v) is 2.46. The highest BCUT2D eigenvalue weighted by Gasteiger charge is 2.34. The van der Waals surface area contributed by atoms with Crippen LogP contribution < -0.4 is 0 Å². The van der Waals surface area contributed by atoms with Crippen molar-refractivity contribution in [3.05, 3.63) is 47.6 Å². The van der Waals surface area contributed by atoms with Crippen LogP contribution >= 0.6 is 0 Å². The molecule has 3 nitrogen and oxygen atoms in total. The first kappa shape index (κ1) is 11.4. The molecule has 2 aliphatic carbocycles. The van der Waals surface area contributed by atoms with Crippen molar-refractivity contribution in [1.29, 1.82) is 0 Å². The highest BCUT2D eigenvalue weighted by Crippen LogP contribution is 2.31. The molecule has 2 aliphatic rings. The summed E-state index contributed by atoms with van der Waals surface area (Å²) < 4.78 is 30.6. The van der Waals surface area contributed by atoms with E-state index in [1.165, 1.54) is 13.0 Å². The topological polar surface area (TPSA) is 54.4 Å². The molecule has 0 aromatic rings. The van der Waals surface area contributed by atoms with Crippen LogP contribution in [-0.4, -0.2) is 17.7 Å². The van der Waals surface area contributed by atoms with E-state index < -0.39 is 14.9 Å². The first-order valence-electron chi connectivity index (χ1n) is 5.18. The lowest BCUT2D eigenvalue weighted by atomic mass is 9.93. The molecule has 1 unspecified atom stereocenters. The molecule has 0 heterocycles. The quantitative estimate of drug-likeness (QED) is 0.714. The van der Waals surface area contributed by atoms with Gasteiger partial charge in [0.2, 0.25) is 0 Å². The summed E-state index contributed by atoms with van der Waals surface area (Å²) in [4.78, 5) is 0. The molecule has 0 aliphatic heterocycles. The molecule has 0 saturated heterocycles. The second-order valence-corrected chi connectivity index (χ2v) is 6.08. The molecule has 0 spiro atoms. The van der Waals surface area contributed by atoms with E-state index in [1.807, 2.05) is 12.2 Å². The number of allylic oxidation sites excluding steroid dienone is 6. The molecule has 1 atom stereocenters. The van der Waals surface area contributed by atoms with Gasteiger partial charge in [-0.2, -0.15) is 8.42 Å². The summed E-state index contributed by atoms with van der Waals surface area (Å²) in [6, 6.07) is 0. The van der Waals surface area contributed by atoms with Crippen LogP contribution in [0.15, 0.2) is 47.6 Å². The number of fused-ring (bicyclic) bond motifs is 1. The maximum Gasteiger partial charge on any atom is 0.277 e. The molecule has 4 heteroatoms. The van der Waals surface area contributed by atoms with Gasteiger partial charge in [-0.3, -0.25) is 4.55 Å².